The Balaban J connectivity index is 1.67. The van der Waals surface area contributed by atoms with Crippen LogP contribution in [0.5, 0.6) is 5.75 Å². The van der Waals surface area contributed by atoms with Crippen LogP contribution >= 0.6 is 0 Å². The summed E-state index contributed by atoms with van der Waals surface area (Å²) in [7, 11) is 1.65. The molecule has 0 radical (unpaired) electrons. The highest BCUT2D eigenvalue weighted by Gasteiger charge is 2.09. The molecule has 116 valence electrons. The van der Waals surface area contributed by atoms with Gasteiger partial charge in [0.1, 0.15) is 5.75 Å². The van der Waals surface area contributed by atoms with Crippen LogP contribution in [-0.2, 0) is 6.42 Å². The molecule has 1 aromatic heterocycles. The summed E-state index contributed by atoms with van der Waals surface area (Å²) in [4.78, 5) is 16.7. The molecule has 1 N–H and O–H groups in total. The molecular weight excluding hydrogens is 288 g/mol. The summed E-state index contributed by atoms with van der Waals surface area (Å²) in [6, 6.07) is 17.3. The molecule has 0 saturated carbocycles. The Morgan fingerprint density at radius 2 is 2.00 bits per heavy atom. The van der Waals surface area contributed by atoms with Crippen molar-refractivity contribution in [2.24, 2.45) is 0 Å². The lowest BCUT2D eigenvalue weighted by molar-refractivity contribution is 0.0955. The fraction of sp³-hybridized carbons (Fsp3) is 0.158. The number of carbonyl (C=O) groups is 1. The Hall–Kier alpha value is -2.88. The van der Waals surface area contributed by atoms with Crippen molar-refractivity contribution < 1.29 is 9.53 Å². The van der Waals surface area contributed by atoms with E-state index in [4.69, 9.17) is 4.74 Å². The van der Waals surface area contributed by atoms with Crippen LogP contribution in [0.1, 0.15) is 15.9 Å². The van der Waals surface area contributed by atoms with E-state index >= 15 is 0 Å². The van der Waals surface area contributed by atoms with Crippen molar-refractivity contribution >= 4 is 16.8 Å². The zero-order valence-corrected chi connectivity index (χ0v) is 13.0. The van der Waals surface area contributed by atoms with E-state index in [9.17, 15) is 4.79 Å². The van der Waals surface area contributed by atoms with E-state index in [1.807, 2.05) is 48.5 Å². The normalized spacial score (nSPS) is 10.5. The van der Waals surface area contributed by atoms with Gasteiger partial charge in [0.25, 0.3) is 5.91 Å². The van der Waals surface area contributed by atoms with E-state index in [1.165, 1.54) is 0 Å². The molecular formula is C19H18N2O2. The fourth-order valence-electron chi connectivity index (χ4n) is 2.54. The summed E-state index contributed by atoms with van der Waals surface area (Å²) in [5.74, 6) is 0.750. The van der Waals surface area contributed by atoms with Gasteiger partial charge in [0.15, 0.2) is 0 Å². The van der Waals surface area contributed by atoms with E-state index in [0.29, 0.717) is 12.1 Å². The summed E-state index contributed by atoms with van der Waals surface area (Å²) in [6.45, 7) is 0.572. The molecule has 0 bridgehead atoms. The van der Waals surface area contributed by atoms with Crippen molar-refractivity contribution in [1.82, 2.24) is 10.3 Å². The second kappa shape index (κ2) is 6.92. The lowest BCUT2D eigenvalue weighted by Gasteiger charge is -2.08. The molecule has 0 unspecified atom stereocenters. The van der Waals surface area contributed by atoms with E-state index in [2.05, 4.69) is 10.3 Å². The minimum Gasteiger partial charge on any atom is -0.497 e. The molecule has 3 aromatic rings. The van der Waals surface area contributed by atoms with Crippen molar-refractivity contribution in [3.63, 3.8) is 0 Å². The highest BCUT2D eigenvalue weighted by Crippen LogP contribution is 2.16. The van der Waals surface area contributed by atoms with Gasteiger partial charge < -0.3 is 10.1 Å². The number of para-hydroxylation sites is 1. The molecule has 1 amide bonds. The fourth-order valence-corrected chi connectivity index (χ4v) is 2.54. The molecule has 0 atom stereocenters. The predicted molar refractivity (Wildman–Crippen MR) is 90.8 cm³/mol. The number of amides is 1. The molecule has 4 nitrogen and oxygen atoms in total. The maximum Gasteiger partial charge on any atom is 0.252 e. The quantitative estimate of drug-likeness (QED) is 0.787. The van der Waals surface area contributed by atoms with Crippen LogP contribution in [0, 0.1) is 0 Å². The second-order valence-corrected chi connectivity index (χ2v) is 5.23. The molecule has 0 saturated heterocycles. The van der Waals surface area contributed by atoms with E-state index in [0.717, 1.165) is 28.6 Å². The number of hydrogen-bond donors (Lipinski definition) is 1. The van der Waals surface area contributed by atoms with Gasteiger partial charge in [0.05, 0.1) is 18.2 Å². The smallest absolute Gasteiger partial charge is 0.252 e. The average Bonchev–Trinajstić information content (AvgIpc) is 2.61. The lowest BCUT2D eigenvalue weighted by atomic mass is 10.1. The number of aromatic nitrogens is 1. The first kappa shape index (κ1) is 15.0. The van der Waals surface area contributed by atoms with Crippen LogP contribution in [0.15, 0.2) is 60.8 Å². The van der Waals surface area contributed by atoms with E-state index in [-0.39, 0.29) is 5.91 Å². The Morgan fingerprint density at radius 1 is 1.13 bits per heavy atom. The van der Waals surface area contributed by atoms with Crippen LogP contribution in [0.4, 0.5) is 0 Å². The Morgan fingerprint density at radius 3 is 2.87 bits per heavy atom. The molecule has 0 aliphatic heterocycles. The monoisotopic (exact) mass is 306 g/mol. The molecule has 0 aliphatic carbocycles. The minimum absolute atomic E-state index is 0.0773. The maximum absolute atomic E-state index is 12.4. The number of carbonyl (C=O) groups excluding carboxylic acids is 1. The van der Waals surface area contributed by atoms with Crippen molar-refractivity contribution in [3.05, 3.63) is 71.9 Å². The highest BCUT2D eigenvalue weighted by atomic mass is 16.5. The largest absolute Gasteiger partial charge is 0.497 e. The van der Waals surface area contributed by atoms with Crippen molar-refractivity contribution in [3.8, 4) is 5.75 Å². The van der Waals surface area contributed by atoms with Crippen LogP contribution < -0.4 is 10.1 Å². The third-order valence-electron chi connectivity index (χ3n) is 3.73. The zero-order chi connectivity index (χ0) is 16.1. The van der Waals surface area contributed by atoms with E-state index in [1.54, 1.807) is 19.4 Å². The van der Waals surface area contributed by atoms with Gasteiger partial charge in [-0.15, -0.1) is 0 Å². The summed E-state index contributed by atoms with van der Waals surface area (Å²) >= 11 is 0. The third-order valence-corrected chi connectivity index (χ3v) is 3.73. The summed E-state index contributed by atoms with van der Waals surface area (Å²) in [5.41, 5.74) is 2.61. The molecule has 2 aromatic carbocycles. The van der Waals surface area contributed by atoms with Gasteiger partial charge >= 0.3 is 0 Å². The second-order valence-electron chi connectivity index (χ2n) is 5.23. The number of nitrogens with zero attached hydrogens (tertiary/aromatic N) is 1. The number of fused-ring (bicyclic) bond motifs is 1. The number of nitrogens with one attached hydrogen (secondary N) is 1. The summed E-state index contributed by atoms with van der Waals surface area (Å²) in [5, 5.41) is 3.84. The molecule has 23 heavy (non-hydrogen) atoms. The van der Waals surface area contributed by atoms with Gasteiger partial charge in [-0.25, -0.2) is 0 Å². The summed E-state index contributed by atoms with van der Waals surface area (Å²) < 4.78 is 5.21. The number of methoxy groups -OCH3 is 1. The van der Waals surface area contributed by atoms with Crippen molar-refractivity contribution in [2.75, 3.05) is 13.7 Å². The van der Waals surface area contributed by atoms with Gasteiger partial charge in [-0.2, -0.15) is 0 Å². The first-order valence-electron chi connectivity index (χ1n) is 7.53. The number of ether oxygens (including phenoxy) is 1. The molecule has 4 heteroatoms. The number of pyridine rings is 1. The molecule has 0 aliphatic rings. The first-order valence-corrected chi connectivity index (χ1v) is 7.53. The Bertz CT molecular complexity index is 825. The van der Waals surface area contributed by atoms with Gasteiger partial charge in [-0.1, -0.05) is 30.3 Å². The van der Waals surface area contributed by atoms with Gasteiger partial charge in [-0.05, 0) is 36.2 Å². The first-order chi connectivity index (χ1) is 11.3. The maximum atomic E-state index is 12.4. The zero-order valence-electron chi connectivity index (χ0n) is 13.0. The number of hydrogen-bond acceptors (Lipinski definition) is 3. The number of rotatable bonds is 5. The average molecular weight is 306 g/mol. The van der Waals surface area contributed by atoms with Gasteiger partial charge in [-0.3, -0.25) is 9.78 Å². The Labute approximate surface area is 135 Å². The highest BCUT2D eigenvalue weighted by molar-refractivity contribution is 6.05. The molecule has 0 spiro atoms. The summed E-state index contributed by atoms with van der Waals surface area (Å²) in [6.07, 6.45) is 2.42. The van der Waals surface area contributed by atoms with Crippen LogP contribution in [-0.4, -0.2) is 24.5 Å². The predicted octanol–water partition coefficient (Wildman–Crippen LogP) is 3.22. The lowest BCUT2D eigenvalue weighted by Crippen LogP contribution is -2.26. The minimum atomic E-state index is -0.0773. The van der Waals surface area contributed by atoms with Crippen LogP contribution in [0.3, 0.4) is 0 Å². The van der Waals surface area contributed by atoms with Crippen molar-refractivity contribution in [2.45, 2.75) is 6.42 Å². The van der Waals surface area contributed by atoms with Crippen molar-refractivity contribution in [1.29, 1.82) is 0 Å². The molecule has 3 rings (SSSR count). The third kappa shape index (κ3) is 3.48. The topological polar surface area (TPSA) is 51.2 Å². The molecule has 1 heterocycles. The van der Waals surface area contributed by atoms with Crippen LogP contribution in [0.2, 0.25) is 0 Å². The van der Waals surface area contributed by atoms with E-state index < -0.39 is 0 Å². The van der Waals surface area contributed by atoms with Crippen LogP contribution in [0.25, 0.3) is 10.9 Å². The van der Waals surface area contributed by atoms with Gasteiger partial charge in [0.2, 0.25) is 0 Å². The molecule has 0 fully saturated rings. The SMILES string of the molecule is COc1cccc(CCNC(=O)c2ccnc3ccccc23)c1. The Kier molecular flexibility index (Phi) is 4.52. The standard InChI is InChI=1S/C19H18N2O2/c1-23-15-6-4-5-14(13-15)9-11-21-19(22)17-10-12-20-18-8-3-2-7-16(17)18/h2-8,10,12-13H,9,11H2,1H3,(H,21,22). The van der Waals surface area contributed by atoms with Gasteiger partial charge in [0, 0.05) is 18.1 Å². The number of benzene rings is 2.